The molecule has 0 aromatic heterocycles. The number of carbonyl (C=O) groups is 4. The molecule has 2 unspecified atom stereocenters. The largest absolute Gasteiger partial charge is 0.509 e. The molecule has 226 valence electrons. The van der Waals surface area contributed by atoms with Gasteiger partial charge in [-0.15, -0.1) is 0 Å². The van der Waals surface area contributed by atoms with Gasteiger partial charge in [-0.1, -0.05) is 40.7 Å². The lowest BCUT2D eigenvalue weighted by molar-refractivity contribution is -0.139. The lowest BCUT2D eigenvalue weighted by atomic mass is 9.87. The van der Waals surface area contributed by atoms with Gasteiger partial charge in [-0.2, -0.15) is 0 Å². The van der Waals surface area contributed by atoms with Crippen LogP contribution in [0, 0.1) is 11.8 Å². The van der Waals surface area contributed by atoms with Crippen LogP contribution in [0.25, 0.3) is 0 Å². The molecule has 0 saturated heterocycles. The first kappa shape index (κ1) is 34.9. The van der Waals surface area contributed by atoms with E-state index in [9.17, 15) is 24.3 Å². The number of nitrogens with two attached hydrogens (primary N) is 1. The monoisotopic (exact) mass is 565 g/mol. The Balaban J connectivity index is 3.29. The lowest BCUT2D eigenvalue weighted by Gasteiger charge is -2.27. The number of rotatable bonds is 16. The van der Waals surface area contributed by atoms with Crippen molar-refractivity contribution in [2.24, 2.45) is 17.6 Å². The summed E-state index contributed by atoms with van der Waals surface area (Å²) in [6.45, 7) is 14.9. The van der Waals surface area contributed by atoms with E-state index in [0.29, 0.717) is 30.7 Å². The molecule has 0 aliphatic carbocycles. The first-order valence-corrected chi connectivity index (χ1v) is 14.0. The van der Waals surface area contributed by atoms with Crippen LogP contribution in [-0.4, -0.2) is 46.9 Å². The normalized spacial score (nSPS) is 13.9. The van der Waals surface area contributed by atoms with E-state index in [0.717, 1.165) is 0 Å². The summed E-state index contributed by atoms with van der Waals surface area (Å²) in [7, 11) is 0. The highest BCUT2D eigenvalue weighted by Gasteiger charge is 2.31. The van der Waals surface area contributed by atoms with Gasteiger partial charge in [0.15, 0.2) is 11.5 Å². The molecular formula is C30H47NO9. The number of benzene rings is 1. The Kier molecular flexibility index (Phi) is 14.1. The molecular weight excluding hydrogens is 518 g/mol. The van der Waals surface area contributed by atoms with E-state index in [1.807, 2.05) is 34.6 Å². The number of carboxylic acid groups (broad SMARTS) is 1. The summed E-state index contributed by atoms with van der Waals surface area (Å²) in [6.07, 6.45) is 0.583. The third-order valence-electron chi connectivity index (χ3n) is 6.51. The number of hydrogen-bond acceptors (Lipinski definition) is 9. The molecule has 10 nitrogen and oxygen atoms in total. The zero-order chi connectivity index (χ0) is 30.6. The minimum Gasteiger partial charge on any atom is -0.480 e. The van der Waals surface area contributed by atoms with Crippen LogP contribution in [0.4, 0.5) is 4.79 Å². The highest BCUT2D eigenvalue weighted by Crippen LogP contribution is 2.35. The standard InChI is InChI=1S/C30H47NO9/c1-9-30(7,8)40-29(36)37-20(6)16-22(27(31)28(34)35)21-12-13-23(38-25(32)14-10-18(2)3)24(17-21)39-26(33)15-11-19(4)5/h12-13,17-20,22,27H,9-11,14-16,31H2,1-8H3,(H,34,35)/t20?,22?,27-/m0/s1. The van der Waals surface area contributed by atoms with Crippen LogP contribution in [0.3, 0.4) is 0 Å². The Morgan fingerprint density at radius 1 is 0.900 bits per heavy atom. The van der Waals surface area contributed by atoms with Gasteiger partial charge in [-0.05, 0) is 76.0 Å². The summed E-state index contributed by atoms with van der Waals surface area (Å²) < 4.78 is 21.8. The molecule has 0 amide bonds. The van der Waals surface area contributed by atoms with Gasteiger partial charge < -0.3 is 29.8 Å². The molecule has 0 radical (unpaired) electrons. The van der Waals surface area contributed by atoms with Gasteiger partial charge in [0.05, 0.1) is 0 Å². The van der Waals surface area contributed by atoms with Crippen LogP contribution in [0.1, 0.15) is 105 Å². The molecule has 0 fully saturated rings. The van der Waals surface area contributed by atoms with Crippen molar-refractivity contribution < 1.29 is 43.2 Å². The molecule has 1 aromatic carbocycles. The van der Waals surface area contributed by atoms with Gasteiger partial charge in [0, 0.05) is 18.8 Å². The number of carboxylic acids is 1. The predicted molar refractivity (Wildman–Crippen MR) is 150 cm³/mol. The number of esters is 2. The molecule has 3 N–H and O–H groups in total. The van der Waals surface area contributed by atoms with E-state index in [1.54, 1.807) is 26.8 Å². The van der Waals surface area contributed by atoms with Crippen molar-refractivity contribution in [2.75, 3.05) is 0 Å². The Morgan fingerprint density at radius 3 is 1.90 bits per heavy atom. The molecule has 0 aliphatic rings. The minimum absolute atomic E-state index is 0.00980. The average Bonchev–Trinajstić information content (AvgIpc) is 2.85. The summed E-state index contributed by atoms with van der Waals surface area (Å²) >= 11 is 0. The van der Waals surface area contributed by atoms with E-state index in [1.165, 1.54) is 12.1 Å². The number of ether oxygens (including phenoxy) is 4. The van der Waals surface area contributed by atoms with Crippen LogP contribution >= 0.6 is 0 Å². The van der Waals surface area contributed by atoms with Crippen molar-refractivity contribution in [2.45, 2.75) is 118 Å². The summed E-state index contributed by atoms with van der Waals surface area (Å²) in [5.41, 5.74) is 5.75. The van der Waals surface area contributed by atoms with Crippen LogP contribution in [0.15, 0.2) is 18.2 Å². The summed E-state index contributed by atoms with van der Waals surface area (Å²) in [5.74, 6) is -2.46. The fourth-order valence-electron chi connectivity index (χ4n) is 3.63. The molecule has 0 bridgehead atoms. The second-order valence-electron chi connectivity index (χ2n) is 11.6. The van der Waals surface area contributed by atoms with Crippen molar-refractivity contribution in [1.82, 2.24) is 0 Å². The minimum atomic E-state index is -1.36. The smallest absolute Gasteiger partial charge is 0.480 e. The molecule has 0 aliphatic heterocycles. The Bertz CT molecular complexity index is 1000. The third-order valence-corrected chi connectivity index (χ3v) is 6.51. The van der Waals surface area contributed by atoms with Crippen molar-refractivity contribution in [3.63, 3.8) is 0 Å². The first-order valence-electron chi connectivity index (χ1n) is 14.0. The lowest BCUT2D eigenvalue weighted by Crippen LogP contribution is -2.38. The predicted octanol–water partition coefficient (Wildman–Crippen LogP) is 5.99. The van der Waals surface area contributed by atoms with Gasteiger partial charge in [0.1, 0.15) is 17.7 Å². The van der Waals surface area contributed by atoms with Crippen molar-refractivity contribution in [3.8, 4) is 11.5 Å². The average molecular weight is 566 g/mol. The molecule has 1 aromatic rings. The molecule has 1 rings (SSSR count). The van der Waals surface area contributed by atoms with Gasteiger partial charge in [0.25, 0.3) is 0 Å². The Hall–Kier alpha value is -3.14. The second-order valence-corrected chi connectivity index (χ2v) is 11.6. The number of aliphatic carboxylic acids is 1. The fraction of sp³-hybridized carbons (Fsp3) is 0.667. The Labute approximate surface area is 237 Å². The topological polar surface area (TPSA) is 151 Å². The van der Waals surface area contributed by atoms with E-state index >= 15 is 0 Å². The SMILES string of the molecule is CCC(C)(C)OC(=O)OC(C)CC(c1ccc(OC(=O)CCC(C)C)c(OC(=O)CCC(C)C)c1)[C@H](N)C(=O)O. The van der Waals surface area contributed by atoms with Crippen molar-refractivity contribution in [1.29, 1.82) is 0 Å². The summed E-state index contributed by atoms with van der Waals surface area (Å²) in [6, 6.07) is 3.11. The van der Waals surface area contributed by atoms with Crippen LogP contribution < -0.4 is 15.2 Å². The van der Waals surface area contributed by atoms with E-state index in [4.69, 9.17) is 24.7 Å². The molecule has 0 spiro atoms. The quantitative estimate of drug-likeness (QED) is 0.181. The van der Waals surface area contributed by atoms with Gasteiger partial charge in [-0.25, -0.2) is 4.79 Å². The first-order chi connectivity index (χ1) is 18.5. The number of hydrogen-bond donors (Lipinski definition) is 2. The Morgan fingerprint density at radius 2 is 1.43 bits per heavy atom. The zero-order valence-corrected chi connectivity index (χ0v) is 25.2. The number of carbonyl (C=O) groups excluding carboxylic acids is 3. The summed E-state index contributed by atoms with van der Waals surface area (Å²) in [4.78, 5) is 49.2. The van der Waals surface area contributed by atoms with Crippen LogP contribution in [0.2, 0.25) is 0 Å². The maximum absolute atomic E-state index is 12.6. The molecule has 0 heterocycles. The molecule has 10 heteroatoms. The van der Waals surface area contributed by atoms with Gasteiger partial charge >= 0.3 is 24.1 Å². The maximum Gasteiger partial charge on any atom is 0.509 e. The molecule has 3 atom stereocenters. The van der Waals surface area contributed by atoms with Crippen LogP contribution in [0.5, 0.6) is 11.5 Å². The zero-order valence-electron chi connectivity index (χ0n) is 25.2. The molecule has 40 heavy (non-hydrogen) atoms. The van der Waals surface area contributed by atoms with Crippen LogP contribution in [-0.2, 0) is 23.9 Å². The van der Waals surface area contributed by atoms with Crippen molar-refractivity contribution in [3.05, 3.63) is 23.8 Å². The van der Waals surface area contributed by atoms with Crippen molar-refractivity contribution >= 4 is 24.1 Å². The third kappa shape index (κ3) is 12.8. The highest BCUT2D eigenvalue weighted by molar-refractivity contribution is 5.77. The van der Waals surface area contributed by atoms with E-state index < -0.39 is 47.7 Å². The van der Waals surface area contributed by atoms with Gasteiger partial charge in [0.2, 0.25) is 0 Å². The fourth-order valence-corrected chi connectivity index (χ4v) is 3.63. The maximum atomic E-state index is 12.6. The van der Waals surface area contributed by atoms with Gasteiger partial charge in [-0.3, -0.25) is 14.4 Å². The van der Waals surface area contributed by atoms with E-state index in [2.05, 4.69) is 0 Å². The van der Waals surface area contributed by atoms with E-state index in [-0.39, 0.29) is 36.7 Å². The second kappa shape index (κ2) is 16.2. The molecule has 0 saturated carbocycles. The summed E-state index contributed by atoms with van der Waals surface area (Å²) in [5, 5.41) is 9.70. The highest BCUT2D eigenvalue weighted by atomic mass is 16.7.